The highest BCUT2D eigenvalue weighted by molar-refractivity contribution is 7.21. The lowest BCUT2D eigenvalue weighted by molar-refractivity contribution is -0.114. The minimum absolute atomic E-state index is 0.161. The molecule has 43 heavy (non-hydrogen) atoms. The lowest BCUT2D eigenvalue weighted by atomic mass is 9.91. The minimum atomic E-state index is -3.07. The van der Waals surface area contributed by atoms with Gasteiger partial charge in [-0.2, -0.15) is 0 Å². The van der Waals surface area contributed by atoms with Crippen LogP contribution in [0.1, 0.15) is 25.0 Å². The van der Waals surface area contributed by atoms with Crippen molar-refractivity contribution in [2.75, 3.05) is 12.4 Å². The van der Waals surface area contributed by atoms with Crippen molar-refractivity contribution in [2.45, 2.75) is 44.3 Å². The number of aryl methyl sites for hydroxylation is 1. The Bertz CT molecular complexity index is 1840. The predicted octanol–water partition coefficient (Wildman–Crippen LogP) is 8.20. The van der Waals surface area contributed by atoms with Gasteiger partial charge in [-0.25, -0.2) is 22.9 Å². The first-order chi connectivity index (χ1) is 20.6. The number of nitrogens with one attached hydrogen (secondary N) is 1. The summed E-state index contributed by atoms with van der Waals surface area (Å²) in [6.45, 7) is 1.80. The summed E-state index contributed by atoms with van der Waals surface area (Å²) in [5, 5.41) is 4.26. The van der Waals surface area contributed by atoms with Crippen LogP contribution in [0.2, 0.25) is 5.02 Å². The van der Waals surface area contributed by atoms with Gasteiger partial charge in [0, 0.05) is 40.2 Å². The number of aromatic nitrogens is 3. The highest BCUT2D eigenvalue weighted by Gasteiger charge is 2.45. The Hall–Kier alpha value is -4.16. The molecule has 13 heteroatoms. The Kier molecular flexibility index (Phi) is 7.74. The van der Waals surface area contributed by atoms with E-state index in [1.165, 1.54) is 36.8 Å². The number of thiazole rings is 1. The van der Waals surface area contributed by atoms with Crippen LogP contribution in [0.4, 0.5) is 23.7 Å². The standard InChI is InChI=1S/C30H24ClF3N4O4S/c1-15-3-4-18(13-35-15)37-29(39)42-23-5-6-30(33,34)12-25(23)41-24-11-26-22(10-21(24)32)38-28(43-26)20-9-17(31)7-16-8-19(40-2)14-36-27(16)20/h3-4,7-11,13-14,23,25H,5-6,12H2,1-2H3,(H,37,39)/t23-,25+/m1/s1. The largest absolute Gasteiger partial charge is 0.495 e. The van der Waals surface area contributed by atoms with Gasteiger partial charge in [0.05, 0.1) is 47.3 Å². The number of hydrogen-bond acceptors (Lipinski definition) is 8. The normalized spacial score (nSPS) is 18.0. The summed E-state index contributed by atoms with van der Waals surface area (Å²) in [5.74, 6) is -3.54. The zero-order valence-corrected chi connectivity index (χ0v) is 24.4. The summed E-state index contributed by atoms with van der Waals surface area (Å²) in [7, 11) is 1.54. The molecule has 0 bridgehead atoms. The van der Waals surface area contributed by atoms with Gasteiger partial charge in [0.1, 0.15) is 23.0 Å². The van der Waals surface area contributed by atoms with Gasteiger partial charge in [-0.15, -0.1) is 11.3 Å². The van der Waals surface area contributed by atoms with Crippen molar-refractivity contribution < 1.29 is 32.2 Å². The van der Waals surface area contributed by atoms with Gasteiger partial charge in [-0.1, -0.05) is 11.6 Å². The molecule has 3 aromatic heterocycles. The number of benzene rings is 2. The van der Waals surface area contributed by atoms with Crippen molar-refractivity contribution in [1.29, 1.82) is 0 Å². The molecular weight excluding hydrogens is 605 g/mol. The zero-order valence-electron chi connectivity index (χ0n) is 22.9. The monoisotopic (exact) mass is 628 g/mol. The molecule has 0 radical (unpaired) electrons. The molecule has 8 nitrogen and oxygen atoms in total. The van der Waals surface area contributed by atoms with E-state index >= 15 is 4.39 Å². The van der Waals surface area contributed by atoms with Crippen LogP contribution in [0, 0.1) is 12.7 Å². The van der Waals surface area contributed by atoms with Crippen LogP contribution in [-0.4, -0.2) is 46.3 Å². The van der Waals surface area contributed by atoms with E-state index in [2.05, 4.69) is 20.3 Å². The third-order valence-corrected chi connectivity index (χ3v) is 8.30. The highest BCUT2D eigenvalue weighted by atomic mass is 35.5. The number of carbonyl (C=O) groups excluding carboxylic acids is 1. The van der Waals surface area contributed by atoms with E-state index in [1.54, 1.807) is 43.5 Å². The molecule has 222 valence electrons. The number of fused-ring (bicyclic) bond motifs is 2. The Labute approximate surface area is 252 Å². The van der Waals surface area contributed by atoms with Crippen molar-refractivity contribution in [3.63, 3.8) is 0 Å². The Morgan fingerprint density at radius 3 is 2.72 bits per heavy atom. The zero-order chi connectivity index (χ0) is 30.3. The summed E-state index contributed by atoms with van der Waals surface area (Å²) < 4.78 is 61.2. The Balaban J connectivity index is 1.27. The molecule has 6 rings (SSSR count). The SMILES string of the molecule is COc1cnc2c(-c3nc4cc(F)c(O[C@H]5CC(F)(F)CC[C@H]5OC(=O)Nc5ccc(C)nc5)cc4s3)cc(Cl)cc2c1. The van der Waals surface area contributed by atoms with E-state index in [1.807, 2.05) is 0 Å². The van der Waals surface area contributed by atoms with Crippen LogP contribution >= 0.6 is 22.9 Å². The van der Waals surface area contributed by atoms with Crippen molar-refractivity contribution in [1.82, 2.24) is 15.0 Å². The molecule has 2 aromatic carbocycles. The summed E-state index contributed by atoms with van der Waals surface area (Å²) in [4.78, 5) is 25.7. The van der Waals surface area contributed by atoms with E-state index in [-0.39, 0.29) is 12.2 Å². The maximum Gasteiger partial charge on any atom is 0.412 e. The molecule has 1 amide bonds. The van der Waals surface area contributed by atoms with E-state index in [4.69, 9.17) is 25.8 Å². The van der Waals surface area contributed by atoms with Crippen molar-refractivity contribution >= 4 is 55.8 Å². The number of alkyl halides is 2. The smallest absolute Gasteiger partial charge is 0.412 e. The molecule has 0 unspecified atom stereocenters. The number of pyridine rings is 2. The first kappa shape index (κ1) is 28.9. The number of nitrogens with zero attached hydrogens (tertiary/aromatic N) is 3. The van der Waals surface area contributed by atoms with Crippen molar-refractivity contribution in [3.05, 3.63) is 71.4 Å². The number of rotatable bonds is 6. The molecule has 5 aromatic rings. The van der Waals surface area contributed by atoms with Gasteiger partial charge in [0.2, 0.25) is 0 Å². The quantitative estimate of drug-likeness (QED) is 0.202. The number of anilines is 1. The topological polar surface area (TPSA) is 95.5 Å². The highest BCUT2D eigenvalue weighted by Crippen LogP contribution is 2.41. The van der Waals surface area contributed by atoms with Gasteiger partial charge in [0.25, 0.3) is 5.92 Å². The number of hydrogen-bond donors (Lipinski definition) is 1. The lowest BCUT2D eigenvalue weighted by Gasteiger charge is -2.35. The van der Waals surface area contributed by atoms with Crippen LogP contribution in [-0.2, 0) is 4.74 Å². The number of amides is 1. The third kappa shape index (κ3) is 6.30. The van der Waals surface area contributed by atoms with E-state index < -0.39 is 42.9 Å². The summed E-state index contributed by atoms with van der Waals surface area (Å²) >= 11 is 7.62. The number of halogens is 4. The average Bonchev–Trinajstić information content (AvgIpc) is 3.37. The number of carbonyl (C=O) groups is 1. The fourth-order valence-electron chi connectivity index (χ4n) is 4.91. The molecule has 0 aliphatic heterocycles. The third-order valence-electron chi connectivity index (χ3n) is 7.03. The van der Waals surface area contributed by atoms with Crippen LogP contribution in [0.25, 0.3) is 31.7 Å². The Morgan fingerprint density at radius 1 is 1.12 bits per heavy atom. The second kappa shape index (κ2) is 11.5. The van der Waals surface area contributed by atoms with Gasteiger partial charge >= 0.3 is 6.09 Å². The van der Waals surface area contributed by atoms with Crippen LogP contribution in [0.3, 0.4) is 0 Å². The average molecular weight is 629 g/mol. The molecule has 0 spiro atoms. The first-order valence-corrected chi connectivity index (χ1v) is 14.4. The van der Waals surface area contributed by atoms with Gasteiger partial charge in [0.15, 0.2) is 11.6 Å². The molecule has 2 atom stereocenters. The fourth-order valence-corrected chi connectivity index (χ4v) is 6.13. The molecule has 1 aliphatic carbocycles. The molecule has 1 fully saturated rings. The van der Waals surface area contributed by atoms with Crippen molar-refractivity contribution in [3.8, 4) is 22.1 Å². The minimum Gasteiger partial charge on any atom is -0.495 e. The molecule has 1 saturated carbocycles. The van der Waals surface area contributed by atoms with Gasteiger partial charge < -0.3 is 14.2 Å². The van der Waals surface area contributed by atoms with Crippen molar-refractivity contribution in [2.24, 2.45) is 0 Å². The second-order valence-electron chi connectivity index (χ2n) is 10.2. The number of methoxy groups -OCH3 is 1. The maximum absolute atomic E-state index is 15.3. The summed E-state index contributed by atoms with van der Waals surface area (Å²) in [5.41, 5.74) is 2.76. The fraction of sp³-hybridized carbons (Fsp3) is 0.267. The van der Waals surface area contributed by atoms with Crippen LogP contribution in [0.15, 0.2) is 54.9 Å². The lowest BCUT2D eigenvalue weighted by Crippen LogP contribution is -2.45. The van der Waals surface area contributed by atoms with Gasteiger partial charge in [-0.3, -0.25) is 15.3 Å². The van der Waals surface area contributed by atoms with Gasteiger partial charge in [-0.05, 0) is 43.7 Å². The second-order valence-corrected chi connectivity index (χ2v) is 11.6. The molecular formula is C30H24ClF3N4O4S. The van der Waals surface area contributed by atoms with E-state index in [0.29, 0.717) is 42.8 Å². The van der Waals surface area contributed by atoms with Crippen LogP contribution in [0.5, 0.6) is 11.5 Å². The number of ether oxygens (including phenoxy) is 3. The molecule has 1 N–H and O–H groups in total. The molecule has 1 aliphatic rings. The predicted molar refractivity (Wildman–Crippen MR) is 158 cm³/mol. The van der Waals surface area contributed by atoms with E-state index in [0.717, 1.165) is 11.1 Å². The van der Waals surface area contributed by atoms with Crippen LogP contribution < -0.4 is 14.8 Å². The van der Waals surface area contributed by atoms with E-state index in [9.17, 15) is 13.6 Å². The summed E-state index contributed by atoms with van der Waals surface area (Å²) in [6, 6.07) is 11.2. The first-order valence-electron chi connectivity index (χ1n) is 13.3. The maximum atomic E-state index is 15.3. The molecule has 0 saturated heterocycles. The Morgan fingerprint density at radius 2 is 1.95 bits per heavy atom. The molecule has 3 heterocycles. The summed E-state index contributed by atoms with van der Waals surface area (Å²) in [6.07, 6.45) is -1.55.